The predicted octanol–water partition coefficient (Wildman–Crippen LogP) is 1.54. The molecule has 3 rings (SSSR count). The van der Waals surface area contributed by atoms with Crippen molar-refractivity contribution in [1.82, 2.24) is 10.6 Å². The first kappa shape index (κ1) is 15.0. The van der Waals surface area contributed by atoms with Gasteiger partial charge in [-0.15, -0.1) is 0 Å². The van der Waals surface area contributed by atoms with Crippen LogP contribution < -0.4 is 15.5 Å². The zero-order valence-corrected chi connectivity index (χ0v) is 12.8. The van der Waals surface area contributed by atoms with Crippen LogP contribution in [0.2, 0.25) is 0 Å². The summed E-state index contributed by atoms with van der Waals surface area (Å²) >= 11 is 0. The fourth-order valence-corrected chi connectivity index (χ4v) is 3.19. The molecule has 0 radical (unpaired) electrons. The predicted molar refractivity (Wildman–Crippen MR) is 86.0 cm³/mol. The minimum atomic E-state index is -0.0561. The molecular formula is C17H23N3O2. The lowest BCUT2D eigenvalue weighted by molar-refractivity contribution is -0.117. The van der Waals surface area contributed by atoms with Crippen LogP contribution in [0.15, 0.2) is 24.3 Å². The standard InChI is InChI=1S/C17H23N3O2/c21-16-5-2-10-20(16)15-4-1-3-14(11-15)17(22)19-9-7-13-6-8-18-12-13/h1,3-4,11,13,18H,2,5-10,12H2,(H,19,22). The number of hydrogen-bond donors (Lipinski definition) is 2. The first-order valence-electron chi connectivity index (χ1n) is 8.13. The number of carbonyl (C=O) groups excluding carboxylic acids is 2. The van der Waals surface area contributed by atoms with Gasteiger partial charge in [-0.2, -0.15) is 0 Å². The molecular weight excluding hydrogens is 278 g/mol. The minimum Gasteiger partial charge on any atom is -0.352 e. The molecule has 22 heavy (non-hydrogen) atoms. The molecule has 5 nitrogen and oxygen atoms in total. The van der Waals surface area contributed by atoms with Crippen molar-refractivity contribution in [2.75, 3.05) is 31.1 Å². The van der Waals surface area contributed by atoms with E-state index < -0.39 is 0 Å². The summed E-state index contributed by atoms with van der Waals surface area (Å²) in [6.45, 7) is 3.60. The average Bonchev–Trinajstić information content (AvgIpc) is 3.19. The van der Waals surface area contributed by atoms with Crippen LogP contribution in [0.1, 0.15) is 36.0 Å². The average molecular weight is 301 g/mol. The SMILES string of the molecule is O=C(NCCC1CCNC1)c1cccc(N2CCCC2=O)c1. The van der Waals surface area contributed by atoms with E-state index in [4.69, 9.17) is 0 Å². The molecule has 1 atom stereocenters. The third kappa shape index (κ3) is 3.47. The van der Waals surface area contributed by atoms with E-state index >= 15 is 0 Å². The van der Waals surface area contributed by atoms with Gasteiger partial charge in [0, 0.05) is 30.8 Å². The molecule has 118 valence electrons. The molecule has 1 aromatic carbocycles. The van der Waals surface area contributed by atoms with Gasteiger partial charge >= 0.3 is 0 Å². The van der Waals surface area contributed by atoms with Crippen LogP contribution >= 0.6 is 0 Å². The van der Waals surface area contributed by atoms with E-state index in [1.165, 1.54) is 6.42 Å². The Hall–Kier alpha value is -1.88. The van der Waals surface area contributed by atoms with Crippen LogP contribution in [0.3, 0.4) is 0 Å². The summed E-state index contributed by atoms with van der Waals surface area (Å²) < 4.78 is 0. The summed E-state index contributed by atoms with van der Waals surface area (Å²) in [5.41, 5.74) is 1.46. The van der Waals surface area contributed by atoms with Crippen molar-refractivity contribution < 1.29 is 9.59 Å². The highest BCUT2D eigenvalue weighted by Gasteiger charge is 2.22. The van der Waals surface area contributed by atoms with E-state index in [1.807, 2.05) is 18.2 Å². The van der Waals surface area contributed by atoms with Gasteiger partial charge in [-0.05, 0) is 56.5 Å². The lowest BCUT2D eigenvalue weighted by Crippen LogP contribution is -2.27. The number of hydrogen-bond acceptors (Lipinski definition) is 3. The Kier molecular flexibility index (Phi) is 4.73. The molecule has 2 N–H and O–H groups in total. The Morgan fingerprint density at radius 2 is 2.32 bits per heavy atom. The van der Waals surface area contributed by atoms with E-state index in [9.17, 15) is 9.59 Å². The number of benzene rings is 1. The molecule has 0 aromatic heterocycles. The van der Waals surface area contributed by atoms with Crippen molar-refractivity contribution in [2.24, 2.45) is 5.92 Å². The molecule has 2 saturated heterocycles. The summed E-state index contributed by atoms with van der Waals surface area (Å²) in [6, 6.07) is 7.35. The van der Waals surface area contributed by atoms with Crippen molar-refractivity contribution >= 4 is 17.5 Å². The van der Waals surface area contributed by atoms with Crippen LogP contribution in [-0.4, -0.2) is 38.0 Å². The summed E-state index contributed by atoms with van der Waals surface area (Å²) in [5, 5.41) is 6.32. The van der Waals surface area contributed by atoms with Crippen LogP contribution in [0, 0.1) is 5.92 Å². The molecule has 2 fully saturated rings. The number of nitrogens with zero attached hydrogens (tertiary/aromatic N) is 1. The van der Waals surface area contributed by atoms with Gasteiger partial charge in [-0.3, -0.25) is 9.59 Å². The fraction of sp³-hybridized carbons (Fsp3) is 0.529. The Bertz CT molecular complexity index is 553. The number of anilines is 1. The van der Waals surface area contributed by atoms with Gasteiger partial charge < -0.3 is 15.5 Å². The van der Waals surface area contributed by atoms with E-state index in [-0.39, 0.29) is 11.8 Å². The zero-order chi connectivity index (χ0) is 15.4. The molecule has 2 aliphatic rings. The van der Waals surface area contributed by atoms with E-state index in [2.05, 4.69) is 10.6 Å². The van der Waals surface area contributed by atoms with Crippen LogP contribution in [0.4, 0.5) is 5.69 Å². The molecule has 0 spiro atoms. The molecule has 0 bridgehead atoms. The molecule has 2 aliphatic heterocycles. The Balaban J connectivity index is 1.56. The highest BCUT2D eigenvalue weighted by molar-refractivity contribution is 5.99. The van der Waals surface area contributed by atoms with Gasteiger partial charge in [0.1, 0.15) is 0 Å². The third-order valence-corrected chi connectivity index (χ3v) is 4.49. The second kappa shape index (κ2) is 6.92. The molecule has 0 aliphatic carbocycles. The summed E-state index contributed by atoms with van der Waals surface area (Å²) in [6.07, 6.45) is 3.71. The normalized spacial score (nSPS) is 21.4. The highest BCUT2D eigenvalue weighted by Crippen LogP contribution is 2.22. The second-order valence-electron chi connectivity index (χ2n) is 6.10. The number of nitrogens with one attached hydrogen (secondary N) is 2. The van der Waals surface area contributed by atoms with Gasteiger partial charge in [-0.25, -0.2) is 0 Å². The smallest absolute Gasteiger partial charge is 0.251 e. The van der Waals surface area contributed by atoms with E-state index in [1.54, 1.807) is 11.0 Å². The van der Waals surface area contributed by atoms with Crippen molar-refractivity contribution in [3.8, 4) is 0 Å². The van der Waals surface area contributed by atoms with Crippen molar-refractivity contribution in [3.63, 3.8) is 0 Å². The second-order valence-corrected chi connectivity index (χ2v) is 6.10. The molecule has 2 heterocycles. The van der Waals surface area contributed by atoms with Gasteiger partial charge in [-0.1, -0.05) is 6.07 Å². The van der Waals surface area contributed by atoms with Crippen LogP contribution in [0.5, 0.6) is 0 Å². The summed E-state index contributed by atoms with van der Waals surface area (Å²) in [4.78, 5) is 25.8. The van der Waals surface area contributed by atoms with Crippen LogP contribution in [0.25, 0.3) is 0 Å². The monoisotopic (exact) mass is 301 g/mol. The largest absolute Gasteiger partial charge is 0.352 e. The Morgan fingerprint density at radius 3 is 3.05 bits per heavy atom. The first-order valence-corrected chi connectivity index (χ1v) is 8.13. The number of amides is 2. The zero-order valence-electron chi connectivity index (χ0n) is 12.8. The van der Waals surface area contributed by atoms with Crippen molar-refractivity contribution in [3.05, 3.63) is 29.8 Å². The van der Waals surface area contributed by atoms with Gasteiger partial charge in [0.05, 0.1) is 0 Å². The fourth-order valence-electron chi connectivity index (χ4n) is 3.19. The first-order chi connectivity index (χ1) is 10.7. The quantitative estimate of drug-likeness (QED) is 0.867. The topological polar surface area (TPSA) is 61.4 Å². The molecule has 2 amide bonds. The van der Waals surface area contributed by atoms with Crippen molar-refractivity contribution in [1.29, 1.82) is 0 Å². The Labute approximate surface area is 131 Å². The number of rotatable bonds is 5. The van der Waals surface area contributed by atoms with Gasteiger partial charge in [0.2, 0.25) is 5.91 Å². The highest BCUT2D eigenvalue weighted by atomic mass is 16.2. The maximum Gasteiger partial charge on any atom is 0.251 e. The molecule has 1 aromatic rings. The van der Waals surface area contributed by atoms with Gasteiger partial charge in [0.15, 0.2) is 0 Å². The lowest BCUT2D eigenvalue weighted by Gasteiger charge is -2.16. The maximum absolute atomic E-state index is 12.2. The third-order valence-electron chi connectivity index (χ3n) is 4.49. The summed E-state index contributed by atoms with van der Waals surface area (Å²) in [5.74, 6) is 0.764. The van der Waals surface area contributed by atoms with E-state index in [0.29, 0.717) is 24.4 Å². The number of carbonyl (C=O) groups is 2. The molecule has 0 saturated carbocycles. The Morgan fingerprint density at radius 1 is 1.41 bits per heavy atom. The van der Waals surface area contributed by atoms with Gasteiger partial charge in [0.25, 0.3) is 5.91 Å². The van der Waals surface area contributed by atoms with Crippen LogP contribution in [-0.2, 0) is 4.79 Å². The molecule has 5 heteroatoms. The lowest BCUT2D eigenvalue weighted by atomic mass is 10.1. The molecule has 1 unspecified atom stereocenters. The minimum absolute atomic E-state index is 0.0561. The van der Waals surface area contributed by atoms with Crippen molar-refractivity contribution in [2.45, 2.75) is 25.7 Å². The van der Waals surface area contributed by atoms with E-state index in [0.717, 1.165) is 38.2 Å². The maximum atomic E-state index is 12.2. The summed E-state index contributed by atoms with van der Waals surface area (Å²) in [7, 11) is 0.